The molecule has 0 bridgehead atoms. The molecule has 1 heterocycles. The number of benzene rings is 1. The zero-order chi connectivity index (χ0) is 14.4. The van der Waals surface area contributed by atoms with Gasteiger partial charge in [-0.3, -0.25) is 4.90 Å². The van der Waals surface area contributed by atoms with Crippen LogP contribution < -0.4 is 5.32 Å². The van der Waals surface area contributed by atoms with E-state index in [9.17, 15) is 0 Å². The smallest absolute Gasteiger partial charge is 0.0858 e. The van der Waals surface area contributed by atoms with Gasteiger partial charge in [-0.2, -0.15) is 0 Å². The highest BCUT2D eigenvalue weighted by Crippen LogP contribution is 2.16. The molecule has 4 heteroatoms. The fraction of sp³-hybridized carbons (Fsp3) is 0.625. The van der Waals surface area contributed by atoms with E-state index in [1.165, 1.54) is 5.56 Å². The van der Waals surface area contributed by atoms with E-state index in [0.717, 1.165) is 43.7 Å². The van der Waals surface area contributed by atoms with Crippen molar-refractivity contribution in [3.05, 3.63) is 34.3 Å². The van der Waals surface area contributed by atoms with Crippen molar-refractivity contribution in [3.8, 4) is 0 Å². The first-order chi connectivity index (χ1) is 9.72. The van der Waals surface area contributed by atoms with Crippen molar-refractivity contribution in [1.29, 1.82) is 0 Å². The van der Waals surface area contributed by atoms with Crippen LogP contribution in [0, 0.1) is 0 Å². The maximum absolute atomic E-state index is 6.01. The van der Waals surface area contributed by atoms with Crippen LogP contribution in [0.4, 0.5) is 0 Å². The Kier molecular flexibility index (Phi) is 6.49. The summed E-state index contributed by atoms with van der Waals surface area (Å²) in [4.78, 5) is 2.47. The molecule has 0 spiro atoms. The predicted molar refractivity (Wildman–Crippen MR) is 87.2 cm³/mol. The van der Waals surface area contributed by atoms with Crippen LogP contribution in [0.2, 0.25) is 0 Å². The molecule has 0 aromatic heterocycles. The summed E-state index contributed by atoms with van der Waals surface area (Å²) in [6.45, 7) is 9.41. The highest BCUT2D eigenvalue weighted by atomic mass is 79.9. The van der Waals surface area contributed by atoms with E-state index >= 15 is 0 Å². The van der Waals surface area contributed by atoms with Gasteiger partial charge in [-0.1, -0.05) is 41.9 Å². The van der Waals surface area contributed by atoms with Crippen LogP contribution in [0.3, 0.4) is 0 Å². The van der Waals surface area contributed by atoms with Crippen molar-refractivity contribution < 1.29 is 4.74 Å². The van der Waals surface area contributed by atoms with Crippen LogP contribution in [-0.2, 0) is 11.2 Å². The maximum Gasteiger partial charge on any atom is 0.0858 e. The van der Waals surface area contributed by atoms with Crippen molar-refractivity contribution in [3.63, 3.8) is 0 Å². The van der Waals surface area contributed by atoms with E-state index in [4.69, 9.17) is 4.74 Å². The van der Waals surface area contributed by atoms with Crippen LogP contribution in [0.5, 0.6) is 0 Å². The molecule has 2 atom stereocenters. The SMILES string of the molecule is CCNC(Cc1ccc(Br)cc1)C1CN(CC)CCO1. The summed E-state index contributed by atoms with van der Waals surface area (Å²) in [6.07, 6.45) is 1.30. The summed E-state index contributed by atoms with van der Waals surface area (Å²) in [7, 11) is 0. The Balaban J connectivity index is 2.00. The van der Waals surface area contributed by atoms with Gasteiger partial charge in [-0.25, -0.2) is 0 Å². The monoisotopic (exact) mass is 340 g/mol. The van der Waals surface area contributed by atoms with Gasteiger partial charge in [-0.05, 0) is 37.2 Å². The topological polar surface area (TPSA) is 24.5 Å². The van der Waals surface area contributed by atoms with Gasteiger partial charge in [0.2, 0.25) is 0 Å². The third kappa shape index (κ3) is 4.55. The number of ether oxygens (including phenoxy) is 1. The lowest BCUT2D eigenvalue weighted by Crippen LogP contribution is -2.53. The largest absolute Gasteiger partial charge is 0.374 e. The lowest BCUT2D eigenvalue weighted by atomic mass is 10.00. The summed E-state index contributed by atoms with van der Waals surface area (Å²) in [5.74, 6) is 0. The number of hydrogen-bond donors (Lipinski definition) is 1. The number of nitrogens with one attached hydrogen (secondary N) is 1. The van der Waals surface area contributed by atoms with E-state index in [1.54, 1.807) is 0 Å². The second kappa shape index (κ2) is 8.13. The Hall–Kier alpha value is -0.420. The minimum Gasteiger partial charge on any atom is -0.374 e. The Morgan fingerprint density at radius 3 is 2.75 bits per heavy atom. The van der Waals surface area contributed by atoms with Gasteiger partial charge in [0.15, 0.2) is 0 Å². The highest BCUT2D eigenvalue weighted by molar-refractivity contribution is 9.10. The van der Waals surface area contributed by atoms with Crippen molar-refractivity contribution in [2.75, 3.05) is 32.8 Å². The third-order valence-corrected chi connectivity index (χ3v) is 4.44. The molecule has 1 aromatic rings. The lowest BCUT2D eigenvalue weighted by molar-refractivity contribution is -0.0445. The van der Waals surface area contributed by atoms with Crippen LogP contribution in [-0.4, -0.2) is 49.8 Å². The molecule has 0 saturated carbocycles. The number of hydrogen-bond acceptors (Lipinski definition) is 3. The molecule has 1 aliphatic rings. The lowest BCUT2D eigenvalue weighted by Gasteiger charge is -2.37. The average molecular weight is 341 g/mol. The Bertz CT molecular complexity index is 396. The molecule has 112 valence electrons. The summed E-state index contributed by atoms with van der Waals surface area (Å²) >= 11 is 3.49. The molecule has 3 nitrogen and oxygen atoms in total. The first-order valence-corrected chi connectivity index (χ1v) is 8.34. The molecule has 0 amide bonds. The van der Waals surface area contributed by atoms with Gasteiger partial charge in [0.05, 0.1) is 12.7 Å². The Labute approximate surface area is 130 Å². The molecular formula is C16H25BrN2O. The van der Waals surface area contributed by atoms with Gasteiger partial charge in [0, 0.05) is 23.6 Å². The second-order valence-corrected chi connectivity index (χ2v) is 6.21. The summed E-state index contributed by atoms with van der Waals surface area (Å²) in [5, 5.41) is 3.60. The predicted octanol–water partition coefficient (Wildman–Crippen LogP) is 2.69. The maximum atomic E-state index is 6.01. The molecule has 20 heavy (non-hydrogen) atoms. The highest BCUT2D eigenvalue weighted by Gasteiger charge is 2.27. The quantitative estimate of drug-likeness (QED) is 0.861. The van der Waals surface area contributed by atoms with Gasteiger partial charge >= 0.3 is 0 Å². The number of nitrogens with zero attached hydrogens (tertiary/aromatic N) is 1. The average Bonchev–Trinajstić information content (AvgIpc) is 2.49. The van der Waals surface area contributed by atoms with Gasteiger partial charge in [-0.15, -0.1) is 0 Å². The third-order valence-electron chi connectivity index (χ3n) is 3.91. The molecule has 1 saturated heterocycles. The van der Waals surface area contributed by atoms with E-state index in [0.29, 0.717) is 6.04 Å². The van der Waals surface area contributed by atoms with E-state index in [-0.39, 0.29) is 6.10 Å². The Morgan fingerprint density at radius 1 is 1.35 bits per heavy atom. The second-order valence-electron chi connectivity index (χ2n) is 5.30. The first kappa shape index (κ1) is 16.0. The summed E-state index contributed by atoms with van der Waals surface area (Å²) in [5.41, 5.74) is 1.36. The van der Waals surface area contributed by atoms with E-state index in [2.05, 4.69) is 64.3 Å². The number of halogens is 1. The Morgan fingerprint density at radius 2 is 2.10 bits per heavy atom. The van der Waals surface area contributed by atoms with Gasteiger partial charge in [0.25, 0.3) is 0 Å². The molecule has 2 unspecified atom stereocenters. The normalized spacial score (nSPS) is 21.9. The minimum atomic E-state index is 0.285. The van der Waals surface area contributed by atoms with Crippen molar-refractivity contribution in [2.24, 2.45) is 0 Å². The van der Waals surface area contributed by atoms with Crippen LogP contribution in [0.25, 0.3) is 0 Å². The molecular weight excluding hydrogens is 316 g/mol. The fourth-order valence-electron chi connectivity index (χ4n) is 2.73. The van der Waals surface area contributed by atoms with E-state index in [1.807, 2.05) is 0 Å². The zero-order valence-electron chi connectivity index (χ0n) is 12.4. The van der Waals surface area contributed by atoms with Crippen molar-refractivity contribution in [1.82, 2.24) is 10.2 Å². The number of morpholine rings is 1. The fourth-order valence-corrected chi connectivity index (χ4v) is 3.00. The first-order valence-electron chi connectivity index (χ1n) is 7.54. The molecule has 1 fully saturated rings. The number of rotatable bonds is 6. The van der Waals surface area contributed by atoms with Crippen LogP contribution in [0.15, 0.2) is 28.7 Å². The van der Waals surface area contributed by atoms with Gasteiger partial charge in [0.1, 0.15) is 0 Å². The standard InChI is InChI=1S/C16H25BrN2O/c1-3-18-15(11-13-5-7-14(17)8-6-13)16-12-19(4-2)9-10-20-16/h5-8,15-16,18H,3-4,9-12H2,1-2H3. The van der Waals surface area contributed by atoms with E-state index < -0.39 is 0 Å². The molecule has 2 rings (SSSR count). The van der Waals surface area contributed by atoms with Crippen LogP contribution in [0.1, 0.15) is 19.4 Å². The molecule has 1 aromatic carbocycles. The molecule has 1 aliphatic heterocycles. The van der Waals surface area contributed by atoms with Gasteiger partial charge < -0.3 is 10.1 Å². The summed E-state index contributed by atoms with van der Waals surface area (Å²) < 4.78 is 7.14. The zero-order valence-corrected chi connectivity index (χ0v) is 14.0. The molecule has 1 N–H and O–H groups in total. The molecule has 0 aliphatic carbocycles. The summed E-state index contributed by atoms with van der Waals surface area (Å²) in [6, 6.07) is 8.98. The number of likely N-dealkylation sites (N-methyl/N-ethyl adjacent to an activating group) is 2. The minimum absolute atomic E-state index is 0.285. The van der Waals surface area contributed by atoms with Crippen LogP contribution >= 0.6 is 15.9 Å². The van der Waals surface area contributed by atoms with Crippen molar-refractivity contribution in [2.45, 2.75) is 32.4 Å². The molecule has 0 radical (unpaired) electrons. The van der Waals surface area contributed by atoms with Crippen molar-refractivity contribution >= 4 is 15.9 Å².